The van der Waals surface area contributed by atoms with Gasteiger partial charge in [-0.2, -0.15) is 4.98 Å². The van der Waals surface area contributed by atoms with Gasteiger partial charge >= 0.3 is 0 Å². The fourth-order valence-corrected chi connectivity index (χ4v) is 3.96. The van der Waals surface area contributed by atoms with Gasteiger partial charge in [-0.3, -0.25) is 4.79 Å². The van der Waals surface area contributed by atoms with Gasteiger partial charge in [0.15, 0.2) is 0 Å². The highest BCUT2D eigenvalue weighted by Crippen LogP contribution is 2.19. The first kappa shape index (κ1) is 17.1. The van der Waals surface area contributed by atoms with Crippen LogP contribution in [0.3, 0.4) is 0 Å². The van der Waals surface area contributed by atoms with Gasteiger partial charge in [-0.15, -0.1) is 16.4 Å². The van der Waals surface area contributed by atoms with Crippen molar-refractivity contribution in [3.63, 3.8) is 0 Å². The number of hydrogen-bond donors (Lipinski definition) is 0. The molecule has 1 atom stereocenters. The minimum Gasteiger partial charge on any atom is -0.376 e. The molecule has 0 aliphatic carbocycles. The predicted octanol–water partition coefficient (Wildman–Crippen LogP) is 2.62. The topological polar surface area (TPSA) is 72.6 Å². The van der Waals surface area contributed by atoms with E-state index in [0.717, 1.165) is 35.7 Å². The van der Waals surface area contributed by atoms with Crippen molar-refractivity contribution in [2.45, 2.75) is 39.3 Å². The number of ether oxygens (including phenoxy) is 1. The standard InChI is InChI=1S/C18H21N5O2S/c1-12-9-13(2)23-18(19-12)20-16(21-23)17(24)22(10-14-5-3-7-25-14)11-15-6-4-8-26-15/h4,6,8-9,14H,3,5,7,10-11H2,1-2H3. The summed E-state index contributed by atoms with van der Waals surface area (Å²) < 4.78 is 7.35. The van der Waals surface area contributed by atoms with Gasteiger partial charge in [-0.05, 0) is 44.2 Å². The van der Waals surface area contributed by atoms with E-state index in [9.17, 15) is 4.79 Å². The molecule has 0 aromatic carbocycles. The van der Waals surface area contributed by atoms with Crippen molar-refractivity contribution in [1.82, 2.24) is 24.5 Å². The highest BCUT2D eigenvalue weighted by molar-refractivity contribution is 7.09. The summed E-state index contributed by atoms with van der Waals surface area (Å²) in [5, 5.41) is 6.41. The molecule has 3 aromatic rings. The van der Waals surface area contributed by atoms with E-state index in [0.29, 0.717) is 18.9 Å². The maximum Gasteiger partial charge on any atom is 0.294 e. The number of thiophene rings is 1. The number of aryl methyl sites for hydroxylation is 2. The summed E-state index contributed by atoms with van der Waals surface area (Å²) in [4.78, 5) is 24.8. The molecule has 1 unspecified atom stereocenters. The second kappa shape index (κ2) is 7.13. The van der Waals surface area contributed by atoms with E-state index >= 15 is 0 Å². The van der Waals surface area contributed by atoms with Crippen LogP contribution in [0.2, 0.25) is 0 Å². The molecule has 1 aliphatic rings. The summed E-state index contributed by atoms with van der Waals surface area (Å²) in [6.45, 7) is 5.69. The van der Waals surface area contributed by atoms with Crippen LogP contribution in [0.15, 0.2) is 23.6 Å². The number of nitrogens with zero attached hydrogens (tertiary/aromatic N) is 5. The average Bonchev–Trinajstić information content (AvgIpc) is 3.35. The number of aromatic nitrogens is 4. The van der Waals surface area contributed by atoms with Crippen LogP contribution < -0.4 is 0 Å². The van der Waals surface area contributed by atoms with E-state index in [-0.39, 0.29) is 17.8 Å². The molecule has 136 valence electrons. The minimum atomic E-state index is -0.184. The van der Waals surface area contributed by atoms with Crippen molar-refractivity contribution in [2.75, 3.05) is 13.2 Å². The molecular weight excluding hydrogens is 350 g/mol. The Hall–Kier alpha value is -2.32. The molecular formula is C18H21N5O2S. The van der Waals surface area contributed by atoms with Crippen molar-refractivity contribution >= 4 is 23.0 Å². The first-order valence-electron chi connectivity index (χ1n) is 8.74. The summed E-state index contributed by atoms with van der Waals surface area (Å²) in [6.07, 6.45) is 2.10. The van der Waals surface area contributed by atoms with Gasteiger partial charge in [-0.25, -0.2) is 9.50 Å². The fraction of sp³-hybridized carbons (Fsp3) is 0.444. The zero-order valence-corrected chi connectivity index (χ0v) is 15.7. The van der Waals surface area contributed by atoms with E-state index in [1.807, 2.05) is 37.4 Å². The van der Waals surface area contributed by atoms with Gasteiger partial charge in [0.05, 0.1) is 12.6 Å². The molecule has 1 saturated heterocycles. The van der Waals surface area contributed by atoms with Gasteiger partial charge in [0, 0.05) is 29.4 Å². The van der Waals surface area contributed by atoms with Crippen LogP contribution in [0, 0.1) is 13.8 Å². The third-order valence-electron chi connectivity index (χ3n) is 4.47. The lowest BCUT2D eigenvalue weighted by molar-refractivity contribution is 0.0500. The first-order valence-corrected chi connectivity index (χ1v) is 9.62. The Kier molecular flexibility index (Phi) is 4.69. The van der Waals surface area contributed by atoms with E-state index in [4.69, 9.17) is 4.74 Å². The first-order chi connectivity index (χ1) is 12.6. The summed E-state index contributed by atoms with van der Waals surface area (Å²) in [5.41, 5.74) is 1.76. The van der Waals surface area contributed by atoms with E-state index in [2.05, 4.69) is 15.1 Å². The highest BCUT2D eigenvalue weighted by atomic mass is 32.1. The Morgan fingerprint density at radius 2 is 2.31 bits per heavy atom. The summed E-state index contributed by atoms with van der Waals surface area (Å²) in [5.74, 6) is 0.455. The summed E-state index contributed by atoms with van der Waals surface area (Å²) in [7, 11) is 0. The molecule has 1 amide bonds. The van der Waals surface area contributed by atoms with Crippen LogP contribution in [-0.2, 0) is 11.3 Å². The van der Waals surface area contributed by atoms with Crippen LogP contribution in [-0.4, -0.2) is 49.6 Å². The van der Waals surface area contributed by atoms with Crippen molar-refractivity contribution in [3.05, 3.63) is 45.7 Å². The predicted molar refractivity (Wildman–Crippen MR) is 98.3 cm³/mol. The molecule has 4 rings (SSSR count). The van der Waals surface area contributed by atoms with Gasteiger partial charge in [-0.1, -0.05) is 6.07 Å². The van der Waals surface area contributed by atoms with Crippen LogP contribution in [0.1, 0.15) is 39.7 Å². The zero-order chi connectivity index (χ0) is 18.1. The van der Waals surface area contributed by atoms with Crippen molar-refractivity contribution in [2.24, 2.45) is 0 Å². The van der Waals surface area contributed by atoms with Gasteiger partial charge in [0.25, 0.3) is 11.7 Å². The monoisotopic (exact) mass is 371 g/mol. The maximum absolute atomic E-state index is 13.1. The Balaban J connectivity index is 1.63. The highest BCUT2D eigenvalue weighted by Gasteiger charge is 2.26. The number of hydrogen-bond acceptors (Lipinski definition) is 6. The van der Waals surface area contributed by atoms with E-state index < -0.39 is 0 Å². The molecule has 26 heavy (non-hydrogen) atoms. The molecule has 0 spiro atoms. The normalized spacial score (nSPS) is 17.1. The molecule has 0 bridgehead atoms. The Morgan fingerprint density at radius 3 is 3.04 bits per heavy atom. The second-order valence-electron chi connectivity index (χ2n) is 6.59. The molecule has 1 fully saturated rings. The molecule has 1 aliphatic heterocycles. The number of carbonyl (C=O) groups excluding carboxylic acids is 1. The molecule has 0 saturated carbocycles. The molecule has 4 heterocycles. The van der Waals surface area contributed by atoms with Crippen LogP contribution in [0.5, 0.6) is 0 Å². The Bertz CT molecular complexity index is 915. The Labute approximate surface area is 155 Å². The summed E-state index contributed by atoms with van der Waals surface area (Å²) in [6, 6.07) is 5.95. The van der Waals surface area contributed by atoms with Gasteiger partial charge in [0.2, 0.25) is 5.82 Å². The van der Waals surface area contributed by atoms with Crippen LogP contribution >= 0.6 is 11.3 Å². The van der Waals surface area contributed by atoms with E-state index in [1.165, 1.54) is 0 Å². The number of fused-ring (bicyclic) bond motifs is 1. The lowest BCUT2D eigenvalue weighted by Crippen LogP contribution is -2.37. The minimum absolute atomic E-state index is 0.0815. The smallest absolute Gasteiger partial charge is 0.294 e. The lowest BCUT2D eigenvalue weighted by Gasteiger charge is -2.23. The number of amides is 1. The van der Waals surface area contributed by atoms with Crippen LogP contribution in [0.25, 0.3) is 5.78 Å². The quantitative estimate of drug-likeness (QED) is 0.689. The molecule has 8 heteroatoms. The lowest BCUT2D eigenvalue weighted by atomic mass is 10.2. The molecule has 0 N–H and O–H groups in total. The van der Waals surface area contributed by atoms with Crippen molar-refractivity contribution in [3.8, 4) is 0 Å². The average molecular weight is 371 g/mol. The Morgan fingerprint density at radius 1 is 1.42 bits per heavy atom. The number of rotatable bonds is 5. The SMILES string of the molecule is Cc1cc(C)n2nc(C(=O)N(Cc3cccs3)CC3CCCO3)nc2n1. The van der Waals surface area contributed by atoms with E-state index in [1.54, 1.807) is 20.8 Å². The second-order valence-corrected chi connectivity index (χ2v) is 7.62. The van der Waals surface area contributed by atoms with Gasteiger partial charge in [0.1, 0.15) is 0 Å². The van der Waals surface area contributed by atoms with Crippen molar-refractivity contribution in [1.29, 1.82) is 0 Å². The zero-order valence-electron chi connectivity index (χ0n) is 14.9. The molecule has 3 aromatic heterocycles. The molecule has 7 nitrogen and oxygen atoms in total. The van der Waals surface area contributed by atoms with Crippen LogP contribution in [0.4, 0.5) is 0 Å². The third kappa shape index (κ3) is 3.47. The largest absolute Gasteiger partial charge is 0.376 e. The fourth-order valence-electron chi connectivity index (χ4n) is 3.24. The number of carbonyl (C=O) groups is 1. The third-order valence-corrected chi connectivity index (χ3v) is 5.33. The maximum atomic E-state index is 13.1. The molecule has 0 radical (unpaired) electrons. The summed E-state index contributed by atoms with van der Waals surface area (Å²) >= 11 is 1.64. The van der Waals surface area contributed by atoms with Gasteiger partial charge < -0.3 is 9.64 Å². The van der Waals surface area contributed by atoms with Crippen molar-refractivity contribution < 1.29 is 9.53 Å².